The van der Waals surface area contributed by atoms with E-state index in [1.165, 1.54) is 11.3 Å². The second-order valence-corrected chi connectivity index (χ2v) is 4.13. The number of rotatable bonds is 2. The molecule has 0 fully saturated rings. The Bertz CT molecular complexity index is 491. The van der Waals surface area contributed by atoms with Gasteiger partial charge in [-0.15, -0.1) is 11.3 Å². The first-order valence-electron chi connectivity index (χ1n) is 4.19. The van der Waals surface area contributed by atoms with Crippen molar-refractivity contribution in [3.05, 3.63) is 18.0 Å². The van der Waals surface area contributed by atoms with Crippen LogP contribution in [0, 0.1) is 0 Å². The summed E-state index contributed by atoms with van der Waals surface area (Å²) in [5, 5.41) is 3.78. The lowest BCUT2D eigenvalue weighted by molar-refractivity contribution is -0.128. The number of halogens is 3. The Hall–Kier alpha value is -1.57. The molecule has 86 valence electrons. The van der Waals surface area contributed by atoms with Gasteiger partial charge in [-0.2, -0.15) is 18.2 Å². The molecular formula is C8H6F3N3OS. The molecule has 2 heterocycles. The van der Waals surface area contributed by atoms with Crippen LogP contribution in [-0.2, 0) is 6.42 Å². The van der Waals surface area contributed by atoms with Gasteiger partial charge in [0, 0.05) is 0 Å². The van der Waals surface area contributed by atoms with Gasteiger partial charge in [0.1, 0.15) is 6.42 Å². The summed E-state index contributed by atoms with van der Waals surface area (Å²) >= 11 is 1.17. The fourth-order valence-electron chi connectivity index (χ4n) is 1.07. The third-order valence-corrected chi connectivity index (χ3v) is 2.57. The van der Waals surface area contributed by atoms with Crippen molar-refractivity contribution in [3.8, 4) is 10.8 Å². The molecule has 2 rings (SSSR count). The maximum absolute atomic E-state index is 12.0. The fraction of sp³-hybridized carbons (Fsp3) is 0.250. The van der Waals surface area contributed by atoms with E-state index < -0.39 is 12.6 Å². The normalized spacial score (nSPS) is 11.9. The number of hydrogen-bond donors (Lipinski definition) is 1. The van der Waals surface area contributed by atoms with Gasteiger partial charge in [-0.05, 0) is 12.1 Å². The average Bonchev–Trinajstić information content (AvgIpc) is 2.71. The van der Waals surface area contributed by atoms with Crippen LogP contribution in [0.4, 0.5) is 18.2 Å². The maximum Gasteiger partial charge on any atom is 0.396 e. The van der Waals surface area contributed by atoms with Crippen LogP contribution >= 0.6 is 11.3 Å². The summed E-state index contributed by atoms with van der Waals surface area (Å²) in [6.45, 7) is 0. The van der Waals surface area contributed by atoms with E-state index in [0.29, 0.717) is 9.88 Å². The number of aromatic nitrogens is 2. The monoisotopic (exact) mass is 249 g/mol. The molecule has 0 saturated heterocycles. The molecule has 0 radical (unpaired) electrons. The number of nitrogens with two attached hydrogens (primary N) is 1. The number of thiophene rings is 1. The second-order valence-electron chi connectivity index (χ2n) is 3.01. The molecule has 4 nitrogen and oxygen atoms in total. The highest BCUT2D eigenvalue weighted by Crippen LogP contribution is 2.29. The van der Waals surface area contributed by atoms with Gasteiger partial charge in [-0.1, -0.05) is 5.16 Å². The van der Waals surface area contributed by atoms with Crippen LogP contribution < -0.4 is 5.73 Å². The van der Waals surface area contributed by atoms with Crippen molar-refractivity contribution in [1.82, 2.24) is 10.1 Å². The van der Waals surface area contributed by atoms with Gasteiger partial charge in [-0.25, -0.2) is 0 Å². The van der Waals surface area contributed by atoms with E-state index in [4.69, 9.17) is 10.3 Å². The topological polar surface area (TPSA) is 64.9 Å². The predicted molar refractivity (Wildman–Crippen MR) is 51.8 cm³/mol. The second kappa shape index (κ2) is 3.78. The van der Waals surface area contributed by atoms with Crippen LogP contribution in [0.3, 0.4) is 0 Å². The van der Waals surface area contributed by atoms with Gasteiger partial charge < -0.3 is 10.3 Å². The van der Waals surface area contributed by atoms with E-state index >= 15 is 0 Å². The summed E-state index contributed by atoms with van der Waals surface area (Å²) in [4.78, 5) is 4.19. The Morgan fingerprint density at radius 1 is 1.38 bits per heavy atom. The highest BCUT2D eigenvalue weighted by molar-refractivity contribution is 7.19. The third-order valence-electron chi connectivity index (χ3n) is 1.66. The van der Waals surface area contributed by atoms with Crippen molar-refractivity contribution in [1.29, 1.82) is 0 Å². The highest BCUT2D eigenvalue weighted by atomic mass is 32.1. The summed E-state index contributed by atoms with van der Waals surface area (Å²) in [6, 6.07) is 3.23. The zero-order chi connectivity index (χ0) is 11.8. The largest absolute Gasteiger partial charge is 0.396 e. The Morgan fingerprint density at radius 3 is 2.69 bits per heavy atom. The SMILES string of the molecule is Nc1ccc(-c2nc(CC(F)(F)F)no2)s1. The van der Waals surface area contributed by atoms with Crippen LogP contribution in [0.2, 0.25) is 0 Å². The van der Waals surface area contributed by atoms with Gasteiger partial charge in [-0.3, -0.25) is 0 Å². The van der Waals surface area contributed by atoms with Crippen LogP contribution in [0.5, 0.6) is 0 Å². The minimum Gasteiger partial charge on any atom is -0.391 e. The van der Waals surface area contributed by atoms with Crippen LogP contribution in [0.25, 0.3) is 10.8 Å². The Labute approximate surface area is 91.9 Å². The van der Waals surface area contributed by atoms with E-state index in [1.54, 1.807) is 12.1 Å². The lowest BCUT2D eigenvalue weighted by atomic mass is 10.4. The van der Waals surface area contributed by atoms with Crippen LogP contribution in [0.15, 0.2) is 16.7 Å². The zero-order valence-corrected chi connectivity index (χ0v) is 8.60. The van der Waals surface area contributed by atoms with E-state index in [0.717, 1.165) is 0 Å². The standard InChI is InChI=1S/C8H6F3N3OS/c9-8(10,11)3-6-13-7(15-14-6)4-1-2-5(12)16-4/h1-2H,3,12H2. The highest BCUT2D eigenvalue weighted by Gasteiger charge is 2.30. The number of alkyl halides is 3. The van der Waals surface area contributed by atoms with Crippen molar-refractivity contribution < 1.29 is 17.7 Å². The molecule has 0 atom stereocenters. The molecule has 0 spiro atoms. The number of hydrogen-bond acceptors (Lipinski definition) is 5. The summed E-state index contributed by atoms with van der Waals surface area (Å²) < 4.78 is 40.8. The van der Waals surface area contributed by atoms with E-state index in [9.17, 15) is 13.2 Å². The predicted octanol–water partition coefficient (Wildman–Crippen LogP) is 2.49. The molecule has 2 N–H and O–H groups in total. The van der Waals surface area contributed by atoms with E-state index in [-0.39, 0.29) is 11.7 Å². The quantitative estimate of drug-likeness (QED) is 0.888. The summed E-state index contributed by atoms with van der Waals surface area (Å²) in [5.74, 6) is -0.324. The first-order valence-corrected chi connectivity index (χ1v) is 5.01. The Balaban J connectivity index is 2.20. The van der Waals surface area contributed by atoms with Crippen molar-refractivity contribution in [2.24, 2.45) is 0 Å². The molecule has 8 heteroatoms. The van der Waals surface area contributed by atoms with E-state index in [1.807, 2.05) is 0 Å². The summed E-state index contributed by atoms with van der Waals surface area (Å²) in [5.41, 5.74) is 5.47. The summed E-state index contributed by atoms with van der Waals surface area (Å²) in [6.07, 6.45) is -5.53. The van der Waals surface area contributed by atoms with E-state index in [2.05, 4.69) is 10.1 Å². The molecule has 2 aromatic rings. The lowest BCUT2D eigenvalue weighted by Gasteiger charge is -1.99. The molecule has 0 unspecified atom stereocenters. The van der Waals surface area contributed by atoms with Crippen molar-refractivity contribution in [2.75, 3.05) is 5.73 Å². The van der Waals surface area contributed by atoms with Gasteiger partial charge >= 0.3 is 6.18 Å². The first kappa shape index (κ1) is 10.9. The molecule has 16 heavy (non-hydrogen) atoms. The van der Waals surface area contributed by atoms with Gasteiger partial charge in [0.25, 0.3) is 5.89 Å². The van der Waals surface area contributed by atoms with Crippen molar-refractivity contribution >= 4 is 16.3 Å². The molecule has 0 aliphatic heterocycles. The number of anilines is 1. The molecule has 0 amide bonds. The van der Waals surface area contributed by atoms with Crippen LogP contribution in [-0.4, -0.2) is 16.3 Å². The molecule has 2 aromatic heterocycles. The maximum atomic E-state index is 12.0. The molecule has 0 aliphatic carbocycles. The smallest absolute Gasteiger partial charge is 0.391 e. The van der Waals surface area contributed by atoms with Crippen LogP contribution in [0.1, 0.15) is 5.82 Å². The Morgan fingerprint density at radius 2 is 2.12 bits per heavy atom. The molecule has 0 aromatic carbocycles. The first-order chi connectivity index (χ1) is 7.44. The zero-order valence-electron chi connectivity index (χ0n) is 7.78. The van der Waals surface area contributed by atoms with Crippen molar-refractivity contribution in [3.63, 3.8) is 0 Å². The summed E-state index contributed by atoms with van der Waals surface area (Å²) in [7, 11) is 0. The molecule has 0 aliphatic rings. The lowest BCUT2D eigenvalue weighted by Crippen LogP contribution is -2.12. The van der Waals surface area contributed by atoms with Crippen molar-refractivity contribution in [2.45, 2.75) is 12.6 Å². The average molecular weight is 249 g/mol. The molecular weight excluding hydrogens is 243 g/mol. The van der Waals surface area contributed by atoms with Gasteiger partial charge in [0.05, 0.1) is 9.88 Å². The number of nitrogens with zero attached hydrogens (tertiary/aromatic N) is 2. The minimum atomic E-state index is -4.34. The third kappa shape index (κ3) is 2.51. The molecule has 0 bridgehead atoms. The Kier molecular flexibility index (Phi) is 2.58. The fourth-order valence-corrected chi connectivity index (χ4v) is 1.77. The molecule has 0 saturated carbocycles. The minimum absolute atomic E-state index is 0.0564. The van der Waals surface area contributed by atoms with Gasteiger partial charge in [0.15, 0.2) is 5.82 Å². The number of nitrogen functional groups attached to an aromatic ring is 1. The van der Waals surface area contributed by atoms with Gasteiger partial charge in [0.2, 0.25) is 0 Å².